The van der Waals surface area contributed by atoms with Gasteiger partial charge in [-0.3, -0.25) is 0 Å². The Labute approximate surface area is 315 Å². The van der Waals surface area contributed by atoms with Gasteiger partial charge in [-0.15, -0.1) is 22.7 Å². The second kappa shape index (κ2) is 10.6. The number of benzene rings is 9. The summed E-state index contributed by atoms with van der Waals surface area (Å²) in [6.07, 6.45) is 0. The van der Waals surface area contributed by atoms with E-state index < -0.39 is 0 Å². The molecule has 0 N–H and O–H groups in total. The highest BCUT2D eigenvalue weighted by molar-refractivity contribution is 7.27. The molecule has 53 heavy (non-hydrogen) atoms. The smallest absolute Gasteiger partial charge is 0.0433 e. The molecule has 11 aromatic rings. The lowest BCUT2D eigenvalue weighted by Gasteiger charge is -2.24. The van der Waals surface area contributed by atoms with Gasteiger partial charge < -0.3 is 0 Å². The van der Waals surface area contributed by atoms with E-state index >= 15 is 0 Å². The molecule has 0 aliphatic heterocycles. The predicted molar refractivity (Wildman–Crippen MR) is 233 cm³/mol. The van der Waals surface area contributed by atoms with Crippen LogP contribution in [0.4, 0.5) is 0 Å². The first-order valence-electron chi connectivity index (χ1n) is 18.4. The van der Waals surface area contributed by atoms with Gasteiger partial charge in [0.05, 0.1) is 0 Å². The van der Waals surface area contributed by atoms with Crippen molar-refractivity contribution >= 4 is 95.3 Å². The van der Waals surface area contributed by atoms with Gasteiger partial charge in [0.1, 0.15) is 0 Å². The first-order chi connectivity index (χ1) is 26.1. The molecule has 2 heteroatoms. The van der Waals surface area contributed by atoms with Gasteiger partial charge in [0, 0.05) is 45.8 Å². The minimum atomic E-state index is -0.151. The lowest BCUT2D eigenvalue weighted by atomic mass is 9.80. The Morgan fingerprint density at radius 3 is 1.75 bits per heavy atom. The average molecular weight is 709 g/mol. The molecule has 0 fully saturated rings. The van der Waals surface area contributed by atoms with Crippen molar-refractivity contribution in [1.82, 2.24) is 0 Å². The molecule has 0 bridgehead atoms. The van der Waals surface area contributed by atoms with E-state index in [9.17, 15) is 0 Å². The van der Waals surface area contributed by atoms with Crippen LogP contribution in [0.15, 0.2) is 158 Å². The van der Waals surface area contributed by atoms with Gasteiger partial charge in [0.25, 0.3) is 0 Å². The molecule has 248 valence electrons. The van der Waals surface area contributed by atoms with Crippen LogP contribution < -0.4 is 0 Å². The summed E-state index contributed by atoms with van der Waals surface area (Å²) in [4.78, 5) is 0. The lowest BCUT2D eigenvalue weighted by molar-refractivity contribution is 0.667. The summed E-state index contributed by atoms with van der Waals surface area (Å²) in [5, 5.41) is 13.2. The fraction of sp³-hybridized carbons (Fsp3) is 0.0588. The molecule has 0 spiro atoms. The van der Waals surface area contributed by atoms with Gasteiger partial charge in [0.2, 0.25) is 0 Å². The standard InChI is InChI=1S/C51H32S2/c1-51(2)42-21-11-9-20-39(42)47-41(28-40-38-26-23-29-13-3-4-14-31(29)49(38)53-50(40)48(47)51)46-36-18-7-5-16-34(36)45(35-17-6-8-19-37(35)46)30-24-25-33-32-15-10-12-22-43(32)52-44(33)27-30/h3-28H,1-2H3. The molecule has 0 amide bonds. The van der Waals surface area contributed by atoms with Crippen molar-refractivity contribution in [3.63, 3.8) is 0 Å². The van der Waals surface area contributed by atoms with E-state index in [0.717, 1.165) is 0 Å². The molecule has 0 radical (unpaired) electrons. The monoisotopic (exact) mass is 708 g/mol. The fourth-order valence-corrected chi connectivity index (χ4v) is 12.4. The summed E-state index contributed by atoms with van der Waals surface area (Å²) >= 11 is 3.88. The molecule has 2 heterocycles. The number of fused-ring (bicyclic) bond motifs is 14. The normalized spacial score (nSPS) is 13.6. The SMILES string of the molecule is CC1(C)c2ccccc2-c2c(-c3c4ccccc4c(-c4ccc5c(c4)sc4ccccc45)c4ccccc34)cc3c(sc4c5ccccc5ccc34)c21. The Bertz CT molecular complexity index is 3310. The first-order valence-corrected chi connectivity index (χ1v) is 20.1. The van der Waals surface area contributed by atoms with Crippen LogP contribution >= 0.6 is 22.7 Å². The molecular formula is C51H32S2. The Morgan fingerprint density at radius 1 is 0.377 bits per heavy atom. The van der Waals surface area contributed by atoms with E-state index in [2.05, 4.69) is 172 Å². The molecule has 9 aromatic carbocycles. The van der Waals surface area contributed by atoms with Gasteiger partial charge in [-0.1, -0.05) is 153 Å². The van der Waals surface area contributed by atoms with Crippen molar-refractivity contribution in [3.05, 3.63) is 169 Å². The van der Waals surface area contributed by atoms with Crippen LogP contribution in [-0.2, 0) is 5.41 Å². The van der Waals surface area contributed by atoms with Crippen LogP contribution in [0, 0.1) is 0 Å². The van der Waals surface area contributed by atoms with Crippen molar-refractivity contribution in [3.8, 4) is 33.4 Å². The zero-order chi connectivity index (χ0) is 35.0. The van der Waals surface area contributed by atoms with Crippen LogP contribution in [0.3, 0.4) is 0 Å². The highest BCUT2D eigenvalue weighted by Crippen LogP contribution is 2.59. The Morgan fingerprint density at radius 2 is 0.981 bits per heavy atom. The van der Waals surface area contributed by atoms with E-state index in [-0.39, 0.29) is 5.41 Å². The van der Waals surface area contributed by atoms with Crippen molar-refractivity contribution in [1.29, 1.82) is 0 Å². The fourth-order valence-electron chi connectivity index (χ4n) is 9.70. The van der Waals surface area contributed by atoms with E-state index in [1.54, 1.807) is 0 Å². The number of hydrogen-bond acceptors (Lipinski definition) is 2. The summed E-state index contributed by atoms with van der Waals surface area (Å²) < 4.78 is 5.47. The van der Waals surface area contributed by atoms with E-state index in [4.69, 9.17) is 0 Å². The summed E-state index contributed by atoms with van der Waals surface area (Å²) in [6.45, 7) is 4.87. The number of rotatable bonds is 2. The van der Waals surface area contributed by atoms with Gasteiger partial charge in [0.15, 0.2) is 0 Å². The summed E-state index contributed by atoms with van der Waals surface area (Å²) in [5.74, 6) is 0. The van der Waals surface area contributed by atoms with E-state index in [1.807, 2.05) is 22.7 Å². The summed E-state index contributed by atoms with van der Waals surface area (Å²) in [6, 6.07) is 59.5. The van der Waals surface area contributed by atoms with Crippen LogP contribution in [0.2, 0.25) is 0 Å². The molecule has 1 aliphatic carbocycles. The van der Waals surface area contributed by atoms with Gasteiger partial charge >= 0.3 is 0 Å². The van der Waals surface area contributed by atoms with Gasteiger partial charge in [-0.2, -0.15) is 0 Å². The van der Waals surface area contributed by atoms with Crippen LogP contribution in [0.25, 0.3) is 106 Å². The minimum Gasteiger partial charge on any atom is -0.135 e. The molecule has 0 saturated heterocycles. The van der Waals surface area contributed by atoms with Crippen LogP contribution in [0.5, 0.6) is 0 Å². The predicted octanol–water partition coefficient (Wildman–Crippen LogP) is 15.5. The molecule has 2 aromatic heterocycles. The van der Waals surface area contributed by atoms with Crippen molar-refractivity contribution in [2.75, 3.05) is 0 Å². The number of hydrogen-bond donors (Lipinski definition) is 0. The average Bonchev–Trinajstić information content (AvgIpc) is 3.84. The lowest BCUT2D eigenvalue weighted by Crippen LogP contribution is -2.15. The summed E-state index contributed by atoms with van der Waals surface area (Å²) in [5.41, 5.74) is 10.7. The maximum atomic E-state index is 2.55. The van der Waals surface area contributed by atoms with Crippen molar-refractivity contribution in [2.45, 2.75) is 19.3 Å². The Kier molecular flexibility index (Phi) is 5.97. The van der Waals surface area contributed by atoms with Crippen LogP contribution in [-0.4, -0.2) is 0 Å². The molecular weight excluding hydrogens is 677 g/mol. The third-order valence-electron chi connectivity index (χ3n) is 12.0. The van der Waals surface area contributed by atoms with Gasteiger partial charge in [-0.05, 0) is 95.0 Å². The maximum absolute atomic E-state index is 2.55. The summed E-state index contributed by atoms with van der Waals surface area (Å²) in [7, 11) is 0. The quantitative estimate of drug-likeness (QED) is 0.157. The van der Waals surface area contributed by atoms with E-state index in [1.165, 1.54) is 117 Å². The molecule has 0 saturated carbocycles. The second-order valence-corrected chi connectivity index (χ2v) is 17.2. The zero-order valence-electron chi connectivity index (χ0n) is 29.3. The Balaban J connectivity index is 1.24. The van der Waals surface area contributed by atoms with Crippen molar-refractivity contribution < 1.29 is 0 Å². The molecule has 0 unspecified atom stereocenters. The molecule has 0 nitrogen and oxygen atoms in total. The second-order valence-electron chi connectivity index (χ2n) is 15.1. The first kappa shape index (κ1) is 29.7. The molecule has 12 rings (SSSR count). The maximum Gasteiger partial charge on any atom is 0.0433 e. The van der Waals surface area contributed by atoms with Crippen LogP contribution in [0.1, 0.15) is 25.0 Å². The highest BCUT2D eigenvalue weighted by atomic mass is 32.1. The largest absolute Gasteiger partial charge is 0.135 e. The van der Waals surface area contributed by atoms with E-state index in [0.29, 0.717) is 0 Å². The minimum absolute atomic E-state index is 0.151. The Hall–Kier alpha value is -5.80. The molecule has 1 aliphatic rings. The van der Waals surface area contributed by atoms with Crippen molar-refractivity contribution in [2.24, 2.45) is 0 Å². The zero-order valence-corrected chi connectivity index (χ0v) is 31.0. The topological polar surface area (TPSA) is 0 Å². The van der Waals surface area contributed by atoms with Gasteiger partial charge in [-0.25, -0.2) is 0 Å². The number of thiophene rings is 2. The third-order valence-corrected chi connectivity index (χ3v) is 14.4. The third kappa shape index (κ3) is 3.95. The molecule has 0 atom stereocenters. The highest BCUT2D eigenvalue weighted by Gasteiger charge is 2.40.